The molecule has 0 saturated heterocycles. The van der Waals surface area contributed by atoms with Crippen molar-refractivity contribution < 1.29 is 9.53 Å². The van der Waals surface area contributed by atoms with Gasteiger partial charge in [-0.15, -0.1) is 10.2 Å². The second kappa shape index (κ2) is 8.51. The van der Waals surface area contributed by atoms with E-state index in [9.17, 15) is 4.79 Å². The summed E-state index contributed by atoms with van der Waals surface area (Å²) in [5, 5.41) is 12.1. The maximum atomic E-state index is 12.2. The molecule has 3 rings (SSSR count). The predicted octanol–water partition coefficient (Wildman–Crippen LogP) is 3.71. The van der Waals surface area contributed by atoms with Crippen molar-refractivity contribution in [3.05, 3.63) is 52.5 Å². The van der Waals surface area contributed by atoms with Gasteiger partial charge in [-0.3, -0.25) is 4.79 Å². The Kier molecular flexibility index (Phi) is 6.10. The third-order valence-electron chi connectivity index (χ3n) is 3.55. The van der Waals surface area contributed by atoms with Crippen molar-refractivity contribution in [3.63, 3.8) is 0 Å². The Morgan fingerprint density at radius 3 is 2.78 bits per heavy atom. The van der Waals surface area contributed by atoms with Crippen LogP contribution in [0.25, 0.3) is 11.4 Å². The molecular weight excluding hydrogens is 409 g/mol. The molecule has 7 nitrogen and oxygen atoms in total. The van der Waals surface area contributed by atoms with Gasteiger partial charge >= 0.3 is 0 Å². The first-order valence-corrected chi connectivity index (χ1v) is 9.45. The van der Waals surface area contributed by atoms with E-state index in [0.29, 0.717) is 38.0 Å². The molecule has 1 heterocycles. The molecule has 0 atom stereocenters. The van der Waals surface area contributed by atoms with Gasteiger partial charge in [0.15, 0.2) is 5.82 Å². The van der Waals surface area contributed by atoms with E-state index in [1.165, 1.54) is 4.68 Å². The minimum atomic E-state index is -0.258. The van der Waals surface area contributed by atoms with Crippen LogP contribution >= 0.6 is 35.0 Å². The van der Waals surface area contributed by atoms with Crippen LogP contribution < -0.4 is 15.9 Å². The minimum absolute atomic E-state index is 0.0835. The third-order valence-corrected chi connectivity index (χ3v) is 5.04. The zero-order chi connectivity index (χ0) is 19.4. The second-order valence-corrected chi connectivity index (χ2v) is 7.12. The molecule has 0 saturated carbocycles. The third kappa shape index (κ3) is 4.47. The lowest BCUT2D eigenvalue weighted by Gasteiger charge is -2.08. The minimum Gasteiger partial charge on any atom is -0.496 e. The number of thioether (sulfide) groups is 1. The summed E-state index contributed by atoms with van der Waals surface area (Å²) in [5.74, 6) is 6.98. The number of halogens is 2. The lowest BCUT2D eigenvalue weighted by Crippen LogP contribution is -2.16. The number of ether oxygens (including phenoxy) is 1. The number of nitrogen functional groups attached to an aromatic ring is 1. The van der Waals surface area contributed by atoms with E-state index in [1.54, 1.807) is 31.4 Å². The zero-order valence-corrected chi connectivity index (χ0v) is 16.5. The van der Waals surface area contributed by atoms with Crippen molar-refractivity contribution in [2.45, 2.75) is 5.16 Å². The second-order valence-electron chi connectivity index (χ2n) is 5.34. The quantitative estimate of drug-likeness (QED) is 0.463. The topological polar surface area (TPSA) is 95.1 Å². The smallest absolute Gasteiger partial charge is 0.234 e. The number of nitrogens with one attached hydrogen (secondary N) is 1. The molecule has 0 aliphatic rings. The summed E-state index contributed by atoms with van der Waals surface area (Å²) in [6.45, 7) is 0. The summed E-state index contributed by atoms with van der Waals surface area (Å²) in [5.41, 5.74) is 1.19. The molecule has 1 amide bonds. The fourth-order valence-electron chi connectivity index (χ4n) is 2.30. The molecule has 2 aromatic carbocycles. The fourth-order valence-corrected chi connectivity index (χ4v) is 3.41. The van der Waals surface area contributed by atoms with Crippen LogP contribution in [0.15, 0.2) is 47.6 Å². The van der Waals surface area contributed by atoms with Gasteiger partial charge in [-0.1, -0.05) is 47.1 Å². The number of benzene rings is 2. The van der Waals surface area contributed by atoms with E-state index in [-0.39, 0.29) is 11.7 Å². The number of para-hydroxylation sites is 1. The maximum absolute atomic E-state index is 12.2. The fraction of sp³-hybridized carbons (Fsp3) is 0.118. The van der Waals surface area contributed by atoms with Crippen LogP contribution in [0.1, 0.15) is 0 Å². The molecule has 0 bridgehead atoms. The molecular formula is C17H15Cl2N5O2S. The SMILES string of the molecule is COc1ccccc1-c1nnc(SCC(=O)Nc2ccc(Cl)cc2Cl)n1N. The highest BCUT2D eigenvalue weighted by atomic mass is 35.5. The predicted molar refractivity (Wildman–Crippen MR) is 108 cm³/mol. The highest BCUT2D eigenvalue weighted by Crippen LogP contribution is 2.29. The number of methoxy groups -OCH3 is 1. The molecule has 0 fully saturated rings. The number of rotatable bonds is 6. The summed E-state index contributed by atoms with van der Waals surface area (Å²) >= 11 is 13.1. The molecule has 0 spiro atoms. The van der Waals surface area contributed by atoms with Crippen molar-refractivity contribution in [2.24, 2.45) is 0 Å². The molecule has 0 aliphatic carbocycles. The standard InChI is InChI=1S/C17H15Cl2N5O2S/c1-26-14-5-3-2-4-11(14)16-22-23-17(24(16)20)27-9-15(25)21-13-7-6-10(18)8-12(13)19/h2-8H,9,20H2,1H3,(H,21,25). The molecule has 10 heteroatoms. The lowest BCUT2D eigenvalue weighted by atomic mass is 10.2. The monoisotopic (exact) mass is 423 g/mol. The Morgan fingerprint density at radius 2 is 2.04 bits per heavy atom. The summed E-state index contributed by atoms with van der Waals surface area (Å²) in [6.07, 6.45) is 0. The van der Waals surface area contributed by atoms with E-state index in [0.717, 1.165) is 11.8 Å². The Balaban J connectivity index is 1.68. The Morgan fingerprint density at radius 1 is 1.26 bits per heavy atom. The van der Waals surface area contributed by atoms with Crippen LogP contribution in [-0.2, 0) is 4.79 Å². The molecule has 0 unspecified atom stereocenters. The summed E-state index contributed by atoms with van der Waals surface area (Å²) < 4.78 is 6.64. The Bertz CT molecular complexity index is 980. The molecule has 1 aromatic heterocycles. The van der Waals surface area contributed by atoms with Crippen LogP contribution in [0, 0.1) is 0 Å². The van der Waals surface area contributed by atoms with Gasteiger partial charge in [0.1, 0.15) is 5.75 Å². The molecule has 3 N–H and O–H groups in total. The molecule has 27 heavy (non-hydrogen) atoms. The van der Waals surface area contributed by atoms with Crippen molar-refractivity contribution >= 4 is 46.6 Å². The average Bonchev–Trinajstić information content (AvgIpc) is 3.02. The summed E-state index contributed by atoms with van der Waals surface area (Å²) in [6, 6.07) is 12.2. The van der Waals surface area contributed by atoms with Gasteiger partial charge in [0.25, 0.3) is 0 Å². The number of anilines is 1. The van der Waals surface area contributed by atoms with Crippen molar-refractivity contribution in [2.75, 3.05) is 24.0 Å². The number of amides is 1. The van der Waals surface area contributed by atoms with Crippen LogP contribution in [0.2, 0.25) is 10.0 Å². The summed E-state index contributed by atoms with van der Waals surface area (Å²) in [7, 11) is 1.57. The number of aromatic nitrogens is 3. The summed E-state index contributed by atoms with van der Waals surface area (Å²) in [4.78, 5) is 12.2. The van der Waals surface area contributed by atoms with E-state index in [4.69, 9.17) is 33.8 Å². The Labute approximate surface area is 169 Å². The number of hydrogen-bond acceptors (Lipinski definition) is 6. The zero-order valence-electron chi connectivity index (χ0n) is 14.1. The molecule has 0 radical (unpaired) electrons. The van der Waals surface area contributed by atoms with Gasteiger partial charge in [0, 0.05) is 5.02 Å². The first kappa shape index (κ1) is 19.3. The first-order chi connectivity index (χ1) is 13.0. The van der Waals surface area contributed by atoms with Crippen LogP contribution in [-0.4, -0.2) is 33.6 Å². The first-order valence-electron chi connectivity index (χ1n) is 7.71. The molecule has 0 aliphatic heterocycles. The number of nitrogens with two attached hydrogens (primary N) is 1. The number of carbonyl (C=O) groups is 1. The van der Waals surface area contributed by atoms with Gasteiger partial charge in [-0.25, -0.2) is 4.68 Å². The van der Waals surface area contributed by atoms with Crippen LogP contribution in [0.3, 0.4) is 0 Å². The average molecular weight is 424 g/mol. The van der Waals surface area contributed by atoms with Crippen molar-refractivity contribution in [3.8, 4) is 17.1 Å². The van der Waals surface area contributed by atoms with Crippen molar-refractivity contribution in [1.82, 2.24) is 14.9 Å². The van der Waals surface area contributed by atoms with Gasteiger partial charge in [-0.05, 0) is 30.3 Å². The normalized spacial score (nSPS) is 10.6. The number of nitrogens with zero attached hydrogens (tertiary/aromatic N) is 3. The largest absolute Gasteiger partial charge is 0.496 e. The van der Waals surface area contributed by atoms with Crippen LogP contribution in [0.5, 0.6) is 5.75 Å². The number of carbonyl (C=O) groups excluding carboxylic acids is 1. The highest BCUT2D eigenvalue weighted by Gasteiger charge is 2.17. The Hall–Kier alpha value is -2.42. The van der Waals surface area contributed by atoms with Gasteiger partial charge in [0.2, 0.25) is 11.1 Å². The molecule has 3 aromatic rings. The van der Waals surface area contributed by atoms with E-state index >= 15 is 0 Å². The highest BCUT2D eigenvalue weighted by molar-refractivity contribution is 7.99. The van der Waals surface area contributed by atoms with Crippen molar-refractivity contribution in [1.29, 1.82) is 0 Å². The number of hydrogen-bond donors (Lipinski definition) is 2. The van der Waals surface area contributed by atoms with Crippen LogP contribution in [0.4, 0.5) is 5.69 Å². The van der Waals surface area contributed by atoms with Gasteiger partial charge < -0.3 is 15.9 Å². The van der Waals surface area contributed by atoms with Gasteiger partial charge in [-0.2, -0.15) is 0 Å². The van der Waals surface area contributed by atoms with Gasteiger partial charge in [0.05, 0.1) is 29.1 Å². The van der Waals surface area contributed by atoms with E-state index in [2.05, 4.69) is 15.5 Å². The van der Waals surface area contributed by atoms with E-state index < -0.39 is 0 Å². The molecule has 140 valence electrons. The van der Waals surface area contributed by atoms with E-state index in [1.807, 2.05) is 18.2 Å². The maximum Gasteiger partial charge on any atom is 0.234 e. The lowest BCUT2D eigenvalue weighted by molar-refractivity contribution is -0.113.